The van der Waals surface area contributed by atoms with Gasteiger partial charge in [0.05, 0.1) is 10.7 Å². The Morgan fingerprint density at radius 1 is 1.11 bits per heavy atom. The first-order valence-corrected chi connectivity index (χ1v) is 10.2. The zero-order chi connectivity index (χ0) is 19.5. The summed E-state index contributed by atoms with van der Waals surface area (Å²) in [5.74, 6) is 1.54. The lowest BCUT2D eigenvalue weighted by molar-refractivity contribution is -0.116. The number of hydrogen-bond acceptors (Lipinski definition) is 4. The molecule has 2 aliphatic heterocycles. The Morgan fingerprint density at radius 3 is 2.79 bits per heavy atom. The maximum Gasteiger partial charge on any atom is 0.225 e. The molecule has 0 bridgehead atoms. The first-order valence-electron chi connectivity index (χ1n) is 9.48. The van der Waals surface area contributed by atoms with E-state index < -0.39 is 0 Å². The van der Waals surface area contributed by atoms with Gasteiger partial charge in [-0.2, -0.15) is 0 Å². The zero-order valence-corrected chi connectivity index (χ0v) is 16.9. The van der Waals surface area contributed by atoms with E-state index in [2.05, 4.69) is 22.3 Å². The molecule has 7 heteroatoms. The number of benzene rings is 2. The van der Waals surface area contributed by atoms with Crippen LogP contribution in [0.25, 0.3) is 0 Å². The summed E-state index contributed by atoms with van der Waals surface area (Å²) in [5.41, 5.74) is 1.75. The number of rotatable bonds is 5. The van der Waals surface area contributed by atoms with E-state index in [1.54, 1.807) is 18.2 Å². The molecule has 2 aliphatic rings. The van der Waals surface area contributed by atoms with Gasteiger partial charge in [-0.25, -0.2) is 0 Å². The summed E-state index contributed by atoms with van der Waals surface area (Å²) in [6.07, 6.45) is 2.58. The summed E-state index contributed by atoms with van der Waals surface area (Å²) in [4.78, 5) is 14.7. The smallest absolute Gasteiger partial charge is 0.225 e. The molecule has 0 aliphatic carbocycles. The minimum atomic E-state index is -0.0722. The molecule has 1 atom stereocenters. The molecule has 2 aromatic rings. The van der Waals surface area contributed by atoms with Crippen molar-refractivity contribution in [2.45, 2.75) is 25.3 Å². The van der Waals surface area contributed by atoms with Crippen molar-refractivity contribution in [1.29, 1.82) is 0 Å². The number of hydrogen-bond donors (Lipinski definition) is 1. The summed E-state index contributed by atoms with van der Waals surface area (Å²) in [5, 5.41) is 3.87. The van der Waals surface area contributed by atoms with Crippen molar-refractivity contribution in [2.75, 3.05) is 31.6 Å². The van der Waals surface area contributed by atoms with Crippen molar-refractivity contribution in [1.82, 2.24) is 4.90 Å². The van der Waals surface area contributed by atoms with Crippen LogP contribution in [0.15, 0.2) is 36.4 Å². The van der Waals surface area contributed by atoms with E-state index in [1.807, 2.05) is 6.07 Å². The molecular formula is C21H22Cl2N2O3. The lowest BCUT2D eigenvalue weighted by Gasteiger charge is -2.26. The van der Waals surface area contributed by atoms with Gasteiger partial charge >= 0.3 is 0 Å². The Hall–Kier alpha value is -1.95. The number of anilines is 1. The predicted molar refractivity (Wildman–Crippen MR) is 111 cm³/mol. The average Bonchev–Trinajstić information content (AvgIpc) is 3.17. The van der Waals surface area contributed by atoms with Crippen LogP contribution in [0.5, 0.6) is 11.5 Å². The minimum Gasteiger partial charge on any atom is -0.486 e. The molecule has 1 amide bonds. The van der Waals surface area contributed by atoms with Gasteiger partial charge in [0.1, 0.15) is 13.2 Å². The van der Waals surface area contributed by atoms with Crippen molar-refractivity contribution < 1.29 is 14.3 Å². The molecule has 4 rings (SSSR count). The number of ether oxygens (including phenoxy) is 2. The van der Waals surface area contributed by atoms with Crippen LogP contribution in [0.3, 0.4) is 0 Å². The SMILES string of the molecule is O=C(CCN1CCC[C@@H]1c1ccc2c(c1)OCCO2)Nc1cc(Cl)ccc1Cl. The molecule has 1 N–H and O–H groups in total. The monoisotopic (exact) mass is 420 g/mol. The molecule has 0 spiro atoms. The van der Waals surface area contributed by atoms with Crippen LogP contribution in [0.4, 0.5) is 5.69 Å². The number of carbonyl (C=O) groups excluding carboxylic acids is 1. The van der Waals surface area contributed by atoms with Gasteiger partial charge in [-0.05, 0) is 55.3 Å². The van der Waals surface area contributed by atoms with Crippen LogP contribution in [0.2, 0.25) is 10.0 Å². The number of fused-ring (bicyclic) bond motifs is 1. The third-order valence-corrected chi connectivity index (χ3v) is 5.71. The van der Waals surface area contributed by atoms with Crippen molar-refractivity contribution >= 4 is 34.8 Å². The Kier molecular flexibility index (Phi) is 5.95. The number of amides is 1. The fourth-order valence-corrected chi connectivity index (χ4v) is 4.13. The van der Waals surface area contributed by atoms with Gasteiger partial charge in [0.2, 0.25) is 5.91 Å². The van der Waals surface area contributed by atoms with Crippen LogP contribution in [-0.2, 0) is 4.79 Å². The highest BCUT2D eigenvalue weighted by molar-refractivity contribution is 6.35. The van der Waals surface area contributed by atoms with Crippen LogP contribution in [-0.4, -0.2) is 37.1 Å². The Balaban J connectivity index is 1.38. The van der Waals surface area contributed by atoms with Crippen LogP contribution >= 0.6 is 23.2 Å². The molecule has 1 fully saturated rings. The van der Waals surface area contributed by atoms with E-state index in [1.165, 1.54) is 5.56 Å². The average molecular weight is 421 g/mol. The summed E-state index contributed by atoms with van der Waals surface area (Å²) in [6, 6.07) is 11.5. The summed E-state index contributed by atoms with van der Waals surface area (Å²) < 4.78 is 11.3. The summed E-state index contributed by atoms with van der Waals surface area (Å²) >= 11 is 12.1. The van der Waals surface area contributed by atoms with Gasteiger partial charge in [-0.1, -0.05) is 29.3 Å². The van der Waals surface area contributed by atoms with E-state index in [0.29, 0.717) is 48.0 Å². The van der Waals surface area contributed by atoms with Crippen LogP contribution in [0.1, 0.15) is 30.9 Å². The third-order valence-electron chi connectivity index (χ3n) is 5.14. The molecule has 2 aromatic carbocycles. The number of likely N-dealkylation sites (tertiary alicyclic amines) is 1. The second-order valence-electron chi connectivity index (χ2n) is 7.02. The first-order chi connectivity index (χ1) is 13.6. The fourth-order valence-electron chi connectivity index (χ4n) is 3.79. The fraction of sp³-hybridized carbons (Fsp3) is 0.381. The molecule has 0 aromatic heterocycles. The highest BCUT2D eigenvalue weighted by atomic mass is 35.5. The molecular weight excluding hydrogens is 399 g/mol. The summed E-state index contributed by atoms with van der Waals surface area (Å²) in [7, 11) is 0. The first kappa shape index (κ1) is 19.4. The van der Waals surface area contributed by atoms with Crippen molar-refractivity contribution in [3.05, 3.63) is 52.0 Å². The topological polar surface area (TPSA) is 50.8 Å². The molecule has 0 radical (unpaired) electrons. The van der Waals surface area contributed by atoms with Gasteiger partial charge in [-0.3, -0.25) is 9.69 Å². The van der Waals surface area contributed by atoms with Gasteiger partial charge < -0.3 is 14.8 Å². The van der Waals surface area contributed by atoms with Gasteiger partial charge in [0, 0.05) is 24.0 Å². The van der Waals surface area contributed by atoms with E-state index in [-0.39, 0.29) is 5.91 Å². The summed E-state index contributed by atoms with van der Waals surface area (Å²) in [6.45, 7) is 2.83. The van der Waals surface area contributed by atoms with Crippen molar-refractivity contribution in [3.8, 4) is 11.5 Å². The lowest BCUT2D eigenvalue weighted by atomic mass is 10.0. The highest BCUT2D eigenvalue weighted by Gasteiger charge is 2.27. The van der Waals surface area contributed by atoms with Crippen LogP contribution in [0, 0.1) is 0 Å². The maximum atomic E-state index is 12.4. The normalized spacial score (nSPS) is 18.9. The quantitative estimate of drug-likeness (QED) is 0.744. The van der Waals surface area contributed by atoms with E-state index in [9.17, 15) is 4.79 Å². The number of halogens is 2. The largest absolute Gasteiger partial charge is 0.486 e. The molecule has 148 valence electrons. The predicted octanol–water partition coefficient (Wildman–Crippen LogP) is 4.93. The number of nitrogens with one attached hydrogen (secondary N) is 1. The molecule has 5 nitrogen and oxygen atoms in total. The zero-order valence-electron chi connectivity index (χ0n) is 15.4. The van der Waals surface area contributed by atoms with Crippen molar-refractivity contribution in [3.63, 3.8) is 0 Å². The van der Waals surface area contributed by atoms with E-state index >= 15 is 0 Å². The second kappa shape index (κ2) is 8.60. The van der Waals surface area contributed by atoms with Gasteiger partial charge in [0.15, 0.2) is 11.5 Å². The molecule has 0 saturated carbocycles. The van der Waals surface area contributed by atoms with Crippen molar-refractivity contribution in [2.24, 2.45) is 0 Å². The lowest BCUT2D eigenvalue weighted by Crippen LogP contribution is -2.28. The maximum absolute atomic E-state index is 12.4. The minimum absolute atomic E-state index is 0.0722. The molecule has 1 saturated heterocycles. The molecule has 0 unspecified atom stereocenters. The molecule has 28 heavy (non-hydrogen) atoms. The Morgan fingerprint density at radius 2 is 1.93 bits per heavy atom. The van der Waals surface area contributed by atoms with Gasteiger partial charge in [0.25, 0.3) is 0 Å². The Bertz CT molecular complexity index is 875. The number of nitrogens with zero attached hydrogens (tertiary/aromatic N) is 1. The second-order valence-corrected chi connectivity index (χ2v) is 7.86. The van der Waals surface area contributed by atoms with E-state index in [0.717, 1.165) is 30.9 Å². The number of carbonyl (C=O) groups is 1. The standard InChI is InChI=1S/C21H22Cl2N2O3/c22-15-4-5-16(23)17(13-15)24-21(26)7-9-25-8-1-2-18(25)14-3-6-19-20(12-14)28-11-10-27-19/h3-6,12-13,18H,1-2,7-11H2,(H,24,26)/t18-/m1/s1. The Labute approximate surface area is 174 Å². The molecule has 2 heterocycles. The third kappa shape index (κ3) is 4.37. The van der Waals surface area contributed by atoms with Crippen LogP contribution < -0.4 is 14.8 Å². The highest BCUT2D eigenvalue weighted by Crippen LogP contribution is 2.38. The van der Waals surface area contributed by atoms with Gasteiger partial charge in [-0.15, -0.1) is 0 Å². The van der Waals surface area contributed by atoms with E-state index in [4.69, 9.17) is 32.7 Å².